The number of rotatable bonds is 11. The van der Waals surface area contributed by atoms with Crippen molar-refractivity contribution in [3.8, 4) is 0 Å². The van der Waals surface area contributed by atoms with Gasteiger partial charge in [0.05, 0.1) is 68.0 Å². The lowest BCUT2D eigenvalue weighted by Gasteiger charge is -2.60. The van der Waals surface area contributed by atoms with Gasteiger partial charge in [-0.15, -0.1) is 0 Å². The molecule has 2 aromatic carbocycles. The zero-order chi connectivity index (χ0) is 32.5. The van der Waals surface area contributed by atoms with Crippen LogP contribution >= 0.6 is 0 Å². The van der Waals surface area contributed by atoms with Crippen LogP contribution in [0.1, 0.15) is 71.4 Å². The first-order valence-corrected chi connectivity index (χ1v) is 19.3. The molecular formula is C36H52O8Si. The minimum atomic E-state index is -2.20. The predicted octanol–water partition coefficient (Wildman–Crippen LogP) is 6.91. The lowest BCUT2D eigenvalue weighted by Crippen LogP contribution is -2.70. The normalized spacial score (nSPS) is 33.7. The summed E-state index contributed by atoms with van der Waals surface area (Å²) in [7, 11) is -2.20. The molecule has 0 saturated carbocycles. The molecule has 0 aromatic heterocycles. The molecule has 5 rings (SSSR count). The zero-order valence-corrected chi connectivity index (χ0v) is 29.0. The summed E-state index contributed by atoms with van der Waals surface area (Å²) >= 11 is 0. The monoisotopic (exact) mass is 640 g/mol. The van der Waals surface area contributed by atoms with Crippen molar-refractivity contribution < 1.29 is 38.0 Å². The summed E-state index contributed by atoms with van der Waals surface area (Å²) in [6.07, 6.45) is -0.284. The highest BCUT2D eigenvalue weighted by Gasteiger charge is 2.61. The Balaban J connectivity index is 1.34. The van der Waals surface area contributed by atoms with E-state index in [1.807, 2.05) is 43.3 Å². The van der Waals surface area contributed by atoms with Gasteiger partial charge in [0.1, 0.15) is 6.10 Å². The molecule has 45 heavy (non-hydrogen) atoms. The van der Waals surface area contributed by atoms with E-state index in [2.05, 4.69) is 65.1 Å². The highest BCUT2D eigenvalue weighted by atomic mass is 28.4. The maximum absolute atomic E-state index is 12.0. The quantitative estimate of drug-likeness (QED) is 0.265. The molecular weight excluding hydrogens is 588 g/mol. The lowest BCUT2D eigenvalue weighted by molar-refractivity contribution is -0.344. The topological polar surface area (TPSA) is 92.7 Å². The molecule has 8 nitrogen and oxygen atoms in total. The molecule has 3 aliphatic rings. The Morgan fingerprint density at radius 2 is 1.40 bits per heavy atom. The van der Waals surface area contributed by atoms with E-state index in [0.717, 1.165) is 11.1 Å². The number of hydrogen-bond donors (Lipinski definition) is 1. The van der Waals surface area contributed by atoms with Gasteiger partial charge in [0.15, 0.2) is 8.32 Å². The van der Waals surface area contributed by atoms with Crippen LogP contribution in [0, 0.1) is 0 Å². The third kappa shape index (κ3) is 8.07. The molecule has 1 N–H and O–H groups in total. The summed E-state index contributed by atoms with van der Waals surface area (Å²) in [5, 5.41) is 9.79. The van der Waals surface area contributed by atoms with Crippen LogP contribution in [0.15, 0.2) is 60.7 Å². The maximum atomic E-state index is 12.0. The van der Waals surface area contributed by atoms with E-state index >= 15 is 0 Å². The van der Waals surface area contributed by atoms with Gasteiger partial charge in [-0.25, -0.2) is 0 Å². The Bertz CT molecular complexity index is 1270. The van der Waals surface area contributed by atoms with Crippen molar-refractivity contribution in [3.05, 3.63) is 71.8 Å². The Hall–Kier alpha value is -2.11. The number of carboxylic acids is 1. The van der Waals surface area contributed by atoms with Crippen molar-refractivity contribution in [1.29, 1.82) is 0 Å². The van der Waals surface area contributed by atoms with Crippen molar-refractivity contribution in [2.75, 3.05) is 6.61 Å². The van der Waals surface area contributed by atoms with Gasteiger partial charge in [0.25, 0.3) is 0 Å². The molecule has 3 saturated heterocycles. The van der Waals surface area contributed by atoms with Crippen LogP contribution < -0.4 is 0 Å². The van der Waals surface area contributed by atoms with Crippen LogP contribution in [-0.2, 0) is 46.1 Å². The van der Waals surface area contributed by atoms with Gasteiger partial charge in [-0.3, -0.25) is 4.79 Å². The smallest absolute Gasteiger partial charge is 0.306 e. The Morgan fingerprint density at radius 3 is 1.96 bits per heavy atom. The van der Waals surface area contributed by atoms with E-state index in [9.17, 15) is 9.90 Å². The van der Waals surface area contributed by atoms with Gasteiger partial charge in [-0.05, 0) is 43.1 Å². The van der Waals surface area contributed by atoms with E-state index in [1.54, 1.807) is 0 Å². The SMILES string of the molecule is CC(C)(C)[Si](C)(C)O[C@@H]1C[C@@H]2O[C@@H]3C[C@H](OCc4ccccc4)[C@@H](COCc4ccccc4)O[C@@]3(C)C[C@@]2(C)O[C@H]1CC(=O)O. The zero-order valence-electron chi connectivity index (χ0n) is 28.0. The van der Waals surface area contributed by atoms with Crippen molar-refractivity contribution >= 4 is 14.3 Å². The van der Waals surface area contributed by atoms with E-state index in [-0.39, 0.29) is 42.0 Å². The average Bonchev–Trinajstić information content (AvgIpc) is 2.95. The fraction of sp³-hybridized carbons (Fsp3) is 0.639. The molecule has 3 aliphatic heterocycles. The molecule has 3 fully saturated rings. The summed E-state index contributed by atoms with van der Waals surface area (Å²) in [6.45, 7) is 16.4. The molecule has 0 amide bonds. The van der Waals surface area contributed by atoms with E-state index in [0.29, 0.717) is 39.1 Å². The molecule has 9 heteroatoms. The van der Waals surface area contributed by atoms with Crippen molar-refractivity contribution in [2.24, 2.45) is 0 Å². The average molecular weight is 641 g/mol. The first-order chi connectivity index (χ1) is 21.2. The van der Waals surface area contributed by atoms with Crippen LogP contribution in [0.5, 0.6) is 0 Å². The minimum Gasteiger partial charge on any atom is -0.481 e. The summed E-state index contributed by atoms with van der Waals surface area (Å²) in [4.78, 5) is 12.0. The van der Waals surface area contributed by atoms with Gasteiger partial charge in [0, 0.05) is 19.3 Å². The van der Waals surface area contributed by atoms with Crippen molar-refractivity contribution in [2.45, 2.75) is 139 Å². The van der Waals surface area contributed by atoms with Crippen molar-refractivity contribution in [3.63, 3.8) is 0 Å². The van der Waals surface area contributed by atoms with E-state index in [4.69, 9.17) is 28.1 Å². The van der Waals surface area contributed by atoms with Gasteiger partial charge >= 0.3 is 5.97 Å². The van der Waals surface area contributed by atoms with Crippen LogP contribution in [0.4, 0.5) is 0 Å². The minimum absolute atomic E-state index is 0.0222. The van der Waals surface area contributed by atoms with Crippen LogP contribution in [-0.4, -0.2) is 73.8 Å². The lowest BCUT2D eigenvalue weighted by atomic mass is 9.72. The van der Waals surface area contributed by atoms with E-state index < -0.39 is 31.6 Å². The number of fused-ring (bicyclic) bond motifs is 2. The summed E-state index contributed by atoms with van der Waals surface area (Å²) in [5.41, 5.74) is 0.804. The Labute approximate surface area is 269 Å². The molecule has 0 unspecified atom stereocenters. The van der Waals surface area contributed by atoms with Crippen LogP contribution in [0.3, 0.4) is 0 Å². The van der Waals surface area contributed by atoms with Crippen molar-refractivity contribution in [1.82, 2.24) is 0 Å². The maximum Gasteiger partial charge on any atom is 0.306 e. The Morgan fingerprint density at radius 1 is 0.867 bits per heavy atom. The number of ether oxygens (including phenoxy) is 5. The Kier molecular flexibility index (Phi) is 10.3. The number of hydrogen-bond acceptors (Lipinski definition) is 7. The van der Waals surface area contributed by atoms with Crippen LogP contribution in [0.25, 0.3) is 0 Å². The van der Waals surface area contributed by atoms with Gasteiger partial charge < -0.3 is 33.2 Å². The standard InChI is InChI=1S/C36H52O8Si/c1-34(2,3)45(6,7)44-29-19-32-35(4,42-28(29)20-33(37)38)24-36(5)31(41-32)18-27(40-22-26-16-12-9-13-17-26)30(43-36)23-39-21-25-14-10-8-11-15-25/h8-17,27-32H,18-24H2,1-7H3,(H,37,38)/t27-,28-,29+,30+,31+,32-,35+,36-/m0/s1. The number of carboxylic acid groups (broad SMARTS) is 1. The highest BCUT2D eigenvalue weighted by Crippen LogP contribution is 2.51. The molecule has 0 bridgehead atoms. The van der Waals surface area contributed by atoms with Gasteiger partial charge in [-0.1, -0.05) is 81.4 Å². The molecule has 0 aliphatic carbocycles. The number of benzene rings is 2. The molecule has 0 radical (unpaired) electrons. The first-order valence-electron chi connectivity index (χ1n) is 16.4. The van der Waals surface area contributed by atoms with Gasteiger partial charge in [0.2, 0.25) is 0 Å². The summed E-state index contributed by atoms with van der Waals surface area (Å²) < 4.78 is 40.1. The number of carbonyl (C=O) groups is 1. The first kappa shape index (κ1) is 34.2. The van der Waals surface area contributed by atoms with E-state index in [1.165, 1.54) is 0 Å². The molecule has 248 valence electrons. The second kappa shape index (κ2) is 13.6. The second-order valence-electron chi connectivity index (χ2n) is 15.0. The highest BCUT2D eigenvalue weighted by molar-refractivity contribution is 6.74. The largest absolute Gasteiger partial charge is 0.481 e. The number of aliphatic carboxylic acids is 1. The molecule has 2 aromatic rings. The summed E-state index contributed by atoms with van der Waals surface area (Å²) in [5.74, 6) is -0.894. The fourth-order valence-corrected chi connectivity index (χ4v) is 8.17. The van der Waals surface area contributed by atoms with Gasteiger partial charge in [-0.2, -0.15) is 0 Å². The predicted molar refractivity (Wildman–Crippen MR) is 175 cm³/mol. The fourth-order valence-electron chi connectivity index (χ4n) is 6.81. The third-order valence-corrected chi connectivity index (χ3v) is 14.8. The second-order valence-corrected chi connectivity index (χ2v) is 19.8. The molecule has 0 spiro atoms. The molecule has 8 atom stereocenters. The van der Waals surface area contributed by atoms with Crippen LogP contribution in [0.2, 0.25) is 18.1 Å². The third-order valence-electron chi connectivity index (χ3n) is 10.3. The summed E-state index contributed by atoms with van der Waals surface area (Å²) in [6, 6.07) is 20.3. The molecule has 3 heterocycles.